The molecule has 100 valence electrons. The molecule has 0 unspecified atom stereocenters. The van der Waals surface area contributed by atoms with Crippen molar-refractivity contribution in [2.24, 2.45) is 11.8 Å². The first-order valence-electron chi connectivity index (χ1n) is 6.33. The first kappa shape index (κ1) is 14.1. The summed E-state index contributed by atoms with van der Waals surface area (Å²) in [5.74, 6) is 0.890. The Labute approximate surface area is 119 Å². The Balaban J connectivity index is 2.05. The minimum absolute atomic E-state index is 0.260. The fourth-order valence-corrected chi connectivity index (χ4v) is 3.03. The number of halogens is 2. The number of hydrogen-bond donors (Lipinski definition) is 1. The van der Waals surface area contributed by atoms with Crippen molar-refractivity contribution in [3.05, 3.63) is 33.8 Å². The van der Waals surface area contributed by atoms with Crippen LogP contribution >= 0.6 is 23.2 Å². The zero-order valence-electron chi connectivity index (χ0n) is 10.6. The number of aliphatic hydroxyl groups is 1. The van der Waals surface area contributed by atoms with Crippen LogP contribution < -0.4 is 0 Å². The lowest BCUT2D eigenvalue weighted by molar-refractivity contribution is 0.0867. The van der Waals surface area contributed by atoms with Crippen LogP contribution in [0.1, 0.15) is 12.0 Å². The third-order valence-corrected chi connectivity index (χ3v) is 4.55. The van der Waals surface area contributed by atoms with Crippen molar-refractivity contribution in [3.8, 4) is 0 Å². The van der Waals surface area contributed by atoms with Gasteiger partial charge in [0.1, 0.15) is 0 Å². The van der Waals surface area contributed by atoms with Gasteiger partial charge in [0.25, 0.3) is 0 Å². The van der Waals surface area contributed by atoms with E-state index in [-0.39, 0.29) is 6.61 Å². The molecule has 1 saturated heterocycles. The van der Waals surface area contributed by atoms with Crippen molar-refractivity contribution in [1.29, 1.82) is 0 Å². The van der Waals surface area contributed by atoms with Gasteiger partial charge in [0, 0.05) is 13.2 Å². The van der Waals surface area contributed by atoms with Crippen molar-refractivity contribution in [2.75, 3.05) is 26.7 Å². The Morgan fingerprint density at radius 1 is 1.28 bits per heavy atom. The van der Waals surface area contributed by atoms with Gasteiger partial charge in [-0.3, -0.25) is 0 Å². The summed E-state index contributed by atoms with van der Waals surface area (Å²) in [5, 5.41) is 10.7. The highest BCUT2D eigenvalue weighted by atomic mass is 35.5. The molecular formula is C14H19Cl2NO. The van der Waals surface area contributed by atoms with Gasteiger partial charge in [0.15, 0.2) is 0 Å². The highest BCUT2D eigenvalue weighted by molar-refractivity contribution is 6.42. The Morgan fingerprint density at radius 3 is 2.72 bits per heavy atom. The van der Waals surface area contributed by atoms with Crippen LogP contribution in [0.3, 0.4) is 0 Å². The first-order chi connectivity index (χ1) is 8.60. The smallest absolute Gasteiger partial charge is 0.0595 e. The van der Waals surface area contributed by atoms with Crippen LogP contribution in [0.15, 0.2) is 18.2 Å². The Hall–Kier alpha value is -0.280. The highest BCUT2D eigenvalue weighted by Gasteiger charge is 2.27. The summed E-state index contributed by atoms with van der Waals surface area (Å²) in [7, 11) is 2.11. The summed E-state index contributed by atoms with van der Waals surface area (Å²) in [4.78, 5) is 2.28. The predicted octanol–water partition coefficient (Wildman–Crippen LogP) is 3.10. The molecule has 1 fully saturated rings. The Morgan fingerprint density at radius 2 is 2.06 bits per heavy atom. The van der Waals surface area contributed by atoms with E-state index in [1.54, 1.807) is 0 Å². The highest BCUT2D eigenvalue weighted by Crippen LogP contribution is 2.29. The maximum Gasteiger partial charge on any atom is 0.0595 e. The lowest BCUT2D eigenvalue weighted by Gasteiger charge is -2.36. The van der Waals surface area contributed by atoms with Gasteiger partial charge < -0.3 is 10.0 Å². The molecule has 1 aliphatic rings. The molecule has 1 N–H and O–H groups in total. The molecule has 0 aliphatic carbocycles. The van der Waals surface area contributed by atoms with Gasteiger partial charge >= 0.3 is 0 Å². The number of rotatable bonds is 3. The summed E-state index contributed by atoms with van der Waals surface area (Å²) in [6.45, 7) is 2.33. The molecule has 0 aromatic heterocycles. The Bertz CT molecular complexity index is 411. The summed E-state index contributed by atoms with van der Waals surface area (Å²) in [5.41, 5.74) is 1.21. The van der Waals surface area contributed by atoms with E-state index in [0.717, 1.165) is 25.9 Å². The van der Waals surface area contributed by atoms with E-state index in [2.05, 4.69) is 11.9 Å². The molecule has 1 heterocycles. The molecule has 1 aromatic rings. The molecular weight excluding hydrogens is 269 g/mol. The molecule has 2 nitrogen and oxygen atoms in total. The van der Waals surface area contributed by atoms with Crippen molar-refractivity contribution in [2.45, 2.75) is 12.8 Å². The number of aliphatic hydroxyl groups excluding tert-OH is 1. The first-order valence-corrected chi connectivity index (χ1v) is 7.09. The molecule has 0 spiro atoms. The van der Waals surface area contributed by atoms with Gasteiger partial charge in [-0.15, -0.1) is 0 Å². The molecule has 2 atom stereocenters. The predicted molar refractivity (Wildman–Crippen MR) is 76.3 cm³/mol. The maximum atomic E-state index is 9.48. The standard InChI is InChI=1S/C14H19Cl2NO/c1-17-5-4-11(12(8-17)9-18)6-10-2-3-13(15)14(16)7-10/h2-3,7,11-12,18H,4-6,8-9H2,1H3/t11-,12+/m1/s1. The summed E-state index contributed by atoms with van der Waals surface area (Å²) in [6.07, 6.45) is 2.10. The van der Waals surface area contributed by atoms with Crippen LogP contribution in [0.2, 0.25) is 10.0 Å². The second kappa shape index (κ2) is 6.25. The number of hydrogen-bond acceptors (Lipinski definition) is 2. The zero-order valence-corrected chi connectivity index (χ0v) is 12.1. The Kier molecular flexibility index (Phi) is 4.91. The van der Waals surface area contributed by atoms with E-state index < -0.39 is 0 Å². The van der Waals surface area contributed by atoms with E-state index in [0.29, 0.717) is 21.9 Å². The molecule has 18 heavy (non-hydrogen) atoms. The SMILES string of the molecule is CN1CC[C@H](Cc2ccc(Cl)c(Cl)c2)[C@H](CO)C1. The number of benzene rings is 1. The fraction of sp³-hybridized carbons (Fsp3) is 0.571. The van der Waals surface area contributed by atoms with Crippen molar-refractivity contribution < 1.29 is 5.11 Å². The second-order valence-electron chi connectivity index (χ2n) is 5.21. The van der Waals surface area contributed by atoms with Crippen molar-refractivity contribution in [3.63, 3.8) is 0 Å². The zero-order chi connectivity index (χ0) is 13.1. The molecule has 0 saturated carbocycles. The van der Waals surface area contributed by atoms with Gasteiger partial charge in [-0.05, 0) is 56.0 Å². The minimum Gasteiger partial charge on any atom is -0.396 e. The molecule has 0 radical (unpaired) electrons. The van der Waals surface area contributed by atoms with E-state index in [1.165, 1.54) is 5.56 Å². The van der Waals surface area contributed by atoms with Crippen LogP contribution in [-0.4, -0.2) is 36.8 Å². The van der Waals surface area contributed by atoms with E-state index >= 15 is 0 Å². The summed E-state index contributed by atoms with van der Waals surface area (Å²) in [6, 6.07) is 5.82. The molecule has 4 heteroatoms. The molecule has 1 aliphatic heterocycles. The fourth-order valence-electron chi connectivity index (χ4n) is 2.71. The lowest BCUT2D eigenvalue weighted by atomic mass is 9.82. The average Bonchev–Trinajstić information content (AvgIpc) is 2.36. The quantitative estimate of drug-likeness (QED) is 0.924. The van der Waals surface area contributed by atoms with Gasteiger partial charge in [-0.1, -0.05) is 29.3 Å². The van der Waals surface area contributed by atoms with Crippen LogP contribution in [0.4, 0.5) is 0 Å². The van der Waals surface area contributed by atoms with Crippen molar-refractivity contribution in [1.82, 2.24) is 4.90 Å². The molecule has 0 bridgehead atoms. The number of piperidine rings is 1. The van der Waals surface area contributed by atoms with Crippen LogP contribution in [0.25, 0.3) is 0 Å². The van der Waals surface area contributed by atoms with E-state index in [1.807, 2.05) is 18.2 Å². The average molecular weight is 288 g/mol. The molecule has 1 aromatic carbocycles. The maximum absolute atomic E-state index is 9.48. The van der Waals surface area contributed by atoms with Gasteiger partial charge in [0.2, 0.25) is 0 Å². The van der Waals surface area contributed by atoms with E-state index in [9.17, 15) is 5.11 Å². The van der Waals surface area contributed by atoms with Gasteiger partial charge in [0.05, 0.1) is 10.0 Å². The van der Waals surface area contributed by atoms with Crippen LogP contribution in [0, 0.1) is 11.8 Å². The summed E-state index contributed by atoms with van der Waals surface area (Å²) >= 11 is 12.0. The lowest BCUT2D eigenvalue weighted by Crippen LogP contribution is -2.40. The molecule has 0 amide bonds. The third kappa shape index (κ3) is 3.39. The third-order valence-electron chi connectivity index (χ3n) is 3.81. The summed E-state index contributed by atoms with van der Waals surface area (Å²) < 4.78 is 0. The number of likely N-dealkylation sites (tertiary alicyclic amines) is 1. The number of nitrogens with zero attached hydrogens (tertiary/aromatic N) is 1. The van der Waals surface area contributed by atoms with Crippen LogP contribution in [0.5, 0.6) is 0 Å². The van der Waals surface area contributed by atoms with E-state index in [4.69, 9.17) is 23.2 Å². The second-order valence-corrected chi connectivity index (χ2v) is 6.02. The normalized spacial score (nSPS) is 25.3. The topological polar surface area (TPSA) is 23.5 Å². The van der Waals surface area contributed by atoms with Gasteiger partial charge in [-0.25, -0.2) is 0 Å². The van der Waals surface area contributed by atoms with Crippen molar-refractivity contribution >= 4 is 23.2 Å². The minimum atomic E-state index is 0.260. The monoisotopic (exact) mass is 287 g/mol. The largest absolute Gasteiger partial charge is 0.396 e. The van der Waals surface area contributed by atoms with Gasteiger partial charge in [-0.2, -0.15) is 0 Å². The molecule has 2 rings (SSSR count). The van der Waals surface area contributed by atoms with Crippen LogP contribution in [-0.2, 0) is 6.42 Å².